The van der Waals surface area contributed by atoms with Crippen molar-refractivity contribution in [1.82, 2.24) is 0 Å². The molecule has 33 heavy (non-hydrogen) atoms. The van der Waals surface area contributed by atoms with Gasteiger partial charge in [-0.1, -0.05) is 74.5 Å². The van der Waals surface area contributed by atoms with E-state index in [9.17, 15) is 0 Å². The van der Waals surface area contributed by atoms with Crippen molar-refractivity contribution in [2.75, 3.05) is 0 Å². The fraction of sp³-hybridized carbons (Fsp3) is 0.129. The number of aromatic nitrogens is 1. The molecule has 1 aromatic heterocycles. The van der Waals surface area contributed by atoms with E-state index in [1.165, 1.54) is 65.6 Å². The number of pyridine rings is 1. The first kappa shape index (κ1) is 17.6. The van der Waals surface area contributed by atoms with Crippen molar-refractivity contribution in [3.05, 3.63) is 96.1 Å². The Labute approximate surface area is 191 Å². The molecule has 0 atom stereocenters. The van der Waals surface area contributed by atoms with Crippen LogP contribution in [0.5, 0.6) is 5.75 Å². The maximum Gasteiger partial charge on any atom is 0.293 e. The van der Waals surface area contributed by atoms with Crippen LogP contribution in [-0.2, 0) is 12.1 Å². The summed E-state index contributed by atoms with van der Waals surface area (Å²) >= 11 is 0. The molecule has 0 amide bonds. The zero-order valence-electron chi connectivity index (χ0n) is 18.6. The maximum absolute atomic E-state index is 6.50. The van der Waals surface area contributed by atoms with Crippen molar-refractivity contribution in [1.29, 1.82) is 0 Å². The number of ether oxygens (including phenoxy) is 1. The van der Waals surface area contributed by atoms with E-state index >= 15 is 0 Å². The fourth-order valence-corrected chi connectivity index (χ4v) is 6.43. The van der Waals surface area contributed by atoms with E-state index in [2.05, 4.69) is 103 Å². The topological polar surface area (TPSA) is 13.1 Å². The lowest BCUT2D eigenvalue weighted by Crippen LogP contribution is -2.42. The molecule has 2 aliphatic rings. The van der Waals surface area contributed by atoms with Gasteiger partial charge in [-0.15, -0.1) is 0 Å². The summed E-state index contributed by atoms with van der Waals surface area (Å²) in [5.41, 5.74) is 6.51. The zero-order chi connectivity index (χ0) is 21.9. The monoisotopic (exact) mass is 424 g/mol. The molecule has 8 rings (SSSR count). The van der Waals surface area contributed by atoms with E-state index in [0.29, 0.717) is 6.73 Å². The van der Waals surface area contributed by atoms with Gasteiger partial charge in [0.1, 0.15) is 5.75 Å². The molecule has 0 saturated carbocycles. The van der Waals surface area contributed by atoms with Crippen LogP contribution < -0.4 is 9.30 Å². The van der Waals surface area contributed by atoms with Crippen LogP contribution in [0.15, 0.2) is 84.9 Å². The standard InChI is InChI=1S/C31H22NO/c1-31(2)25-15-24-21-10-6-4-8-19(21)12-14-26(24)32-17-33-27-16-23-20-9-5-3-7-18(20)11-13-22(23)29(31)28(27)30(25)32/h3-16H,17H2,1-2H3/q+1. The largest absolute Gasteiger partial charge is 0.435 e. The maximum atomic E-state index is 6.50. The molecule has 6 aromatic rings. The fourth-order valence-electron chi connectivity index (χ4n) is 6.43. The van der Waals surface area contributed by atoms with Crippen LogP contribution in [0.1, 0.15) is 25.0 Å². The summed E-state index contributed by atoms with van der Waals surface area (Å²) in [6.45, 7) is 5.29. The third-order valence-electron chi connectivity index (χ3n) is 7.95. The number of benzene rings is 5. The Bertz CT molecular complexity index is 1840. The van der Waals surface area contributed by atoms with E-state index in [-0.39, 0.29) is 5.41 Å². The molecule has 0 radical (unpaired) electrons. The molecule has 0 spiro atoms. The lowest BCUT2D eigenvalue weighted by atomic mass is 9.79. The molecule has 0 N–H and O–H groups in total. The summed E-state index contributed by atoms with van der Waals surface area (Å²) in [6, 6.07) is 31.2. The lowest BCUT2D eigenvalue weighted by molar-refractivity contribution is -0.693. The number of nitrogens with zero attached hydrogens (tertiary/aromatic N) is 1. The first-order valence-corrected chi connectivity index (χ1v) is 11.6. The van der Waals surface area contributed by atoms with Crippen molar-refractivity contribution in [3.63, 3.8) is 0 Å². The summed E-state index contributed by atoms with van der Waals surface area (Å²) in [4.78, 5) is 0. The molecule has 2 nitrogen and oxygen atoms in total. The van der Waals surface area contributed by atoms with Gasteiger partial charge in [-0.3, -0.25) is 0 Å². The number of hydrogen-bond acceptors (Lipinski definition) is 1. The average molecular weight is 425 g/mol. The molecular formula is C31H22NO+. The van der Waals surface area contributed by atoms with Crippen molar-refractivity contribution in [3.8, 4) is 17.0 Å². The minimum absolute atomic E-state index is 0.123. The summed E-state index contributed by atoms with van der Waals surface area (Å²) in [6.07, 6.45) is 0. The van der Waals surface area contributed by atoms with Crippen LogP contribution in [-0.4, -0.2) is 0 Å². The van der Waals surface area contributed by atoms with Crippen LogP contribution in [0, 0.1) is 0 Å². The SMILES string of the molecule is CC1(C)c2cc3c4ccccc4ccc3[n+]3c2-c2c(cc4c(ccc5ccccc54)c21)OC3. The van der Waals surface area contributed by atoms with Crippen molar-refractivity contribution in [2.45, 2.75) is 26.0 Å². The van der Waals surface area contributed by atoms with Gasteiger partial charge in [0.05, 0.1) is 10.9 Å². The minimum atomic E-state index is -0.123. The van der Waals surface area contributed by atoms with Crippen molar-refractivity contribution in [2.24, 2.45) is 0 Å². The van der Waals surface area contributed by atoms with Crippen molar-refractivity contribution >= 4 is 43.2 Å². The number of hydrogen-bond donors (Lipinski definition) is 0. The second kappa shape index (κ2) is 5.71. The Morgan fingerprint density at radius 3 is 2.18 bits per heavy atom. The van der Waals surface area contributed by atoms with Gasteiger partial charge in [0.15, 0.2) is 0 Å². The third-order valence-corrected chi connectivity index (χ3v) is 7.95. The molecule has 0 bridgehead atoms. The quantitative estimate of drug-likeness (QED) is 0.185. The Kier molecular flexibility index (Phi) is 3.05. The summed E-state index contributed by atoms with van der Waals surface area (Å²) in [7, 11) is 0. The van der Waals surface area contributed by atoms with Crippen LogP contribution in [0.2, 0.25) is 0 Å². The summed E-state index contributed by atoms with van der Waals surface area (Å²) in [5, 5.41) is 9.06. The van der Waals surface area contributed by atoms with Crippen LogP contribution in [0.4, 0.5) is 0 Å². The van der Waals surface area contributed by atoms with Gasteiger partial charge in [0.2, 0.25) is 11.2 Å². The molecule has 1 aliphatic heterocycles. The smallest absolute Gasteiger partial charge is 0.293 e. The first-order valence-electron chi connectivity index (χ1n) is 11.6. The average Bonchev–Trinajstić information content (AvgIpc) is 3.09. The summed E-state index contributed by atoms with van der Waals surface area (Å²) < 4.78 is 8.89. The van der Waals surface area contributed by atoms with Crippen LogP contribution >= 0.6 is 0 Å². The van der Waals surface area contributed by atoms with Gasteiger partial charge in [-0.2, -0.15) is 4.57 Å². The number of fused-ring (bicyclic) bond motifs is 8. The zero-order valence-corrected chi connectivity index (χ0v) is 18.6. The van der Waals surface area contributed by atoms with Gasteiger partial charge in [-0.05, 0) is 56.1 Å². The number of rotatable bonds is 0. The highest BCUT2D eigenvalue weighted by Gasteiger charge is 2.47. The second-order valence-corrected chi connectivity index (χ2v) is 9.96. The van der Waals surface area contributed by atoms with E-state index in [0.717, 1.165) is 5.75 Å². The Morgan fingerprint density at radius 1 is 0.697 bits per heavy atom. The molecule has 1 aliphatic carbocycles. The predicted molar refractivity (Wildman–Crippen MR) is 135 cm³/mol. The van der Waals surface area contributed by atoms with E-state index in [1.54, 1.807) is 0 Å². The molecule has 0 fully saturated rings. The van der Waals surface area contributed by atoms with Crippen molar-refractivity contribution < 1.29 is 9.30 Å². The normalized spacial score (nSPS) is 15.3. The predicted octanol–water partition coefficient (Wildman–Crippen LogP) is 7.24. The molecule has 5 aromatic carbocycles. The lowest BCUT2D eigenvalue weighted by Gasteiger charge is -2.22. The second-order valence-electron chi connectivity index (χ2n) is 9.96. The van der Waals surface area contributed by atoms with Crippen LogP contribution in [0.3, 0.4) is 0 Å². The molecule has 0 saturated heterocycles. The Balaban J connectivity index is 1.58. The van der Waals surface area contributed by atoms with Gasteiger partial charge >= 0.3 is 0 Å². The molecule has 2 heteroatoms. The third kappa shape index (κ3) is 2.03. The minimum Gasteiger partial charge on any atom is -0.435 e. The molecule has 156 valence electrons. The first-order chi connectivity index (χ1) is 16.1. The van der Waals surface area contributed by atoms with E-state index in [4.69, 9.17) is 4.74 Å². The molecule has 0 unspecified atom stereocenters. The van der Waals surface area contributed by atoms with Gasteiger partial charge in [0.25, 0.3) is 6.73 Å². The highest BCUT2D eigenvalue weighted by atomic mass is 16.5. The van der Waals surface area contributed by atoms with Gasteiger partial charge < -0.3 is 4.74 Å². The van der Waals surface area contributed by atoms with Gasteiger partial charge in [-0.25, -0.2) is 0 Å². The van der Waals surface area contributed by atoms with E-state index < -0.39 is 0 Å². The molecular weight excluding hydrogens is 402 g/mol. The van der Waals surface area contributed by atoms with E-state index in [1.807, 2.05) is 0 Å². The van der Waals surface area contributed by atoms with Crippen LogP contribution in [0.25, 0.3) is 54.5 Å². The Morgan fingerprint density at radius 2 is 1.39 bits per heavy atom. The Hall–Kier alpha value is -3.91. The highest BCUT2D eigenvalue weighted by molar-refractivity contribution is 6.13. The summed E-state index contributed by atoms with van der Waals surface area (Å²) in [5.74, 6) is 1.01. The molecule has 2 heterocycles. The highest BCUT2D eigenvalue weighted by Crippen LogP contribution is 2.56. The van der Waals surface area contributed by atoms with Gasteiger partial charge in [0, 0.05) is 17.0 Å².